The average molecular weight is 304 g/mol. The maximum absolute atomic E-state index is 12.2. The monoisotopic (exact) mass is 304 g/mol. The highest BCUT2D eigenvalue weighted by atomic mass is 32.1. The Balaban J connectivity index is 1.89. The minimum atomic E-state index is -0.0787. The fourth-order valence-corrected chi connectivity index (χ4v) is 2.98. The molecule has 0 aliphatic carbocycles. The Morgan fingerprint density at radius 2 is 2.00 bits per heavy atom. The summed E-state index contributed by atoms with van der Waals surface area (Å²) in [7, 11) is 1.85. The second kappa shape index (κ2) is 7.33. The van der Waals surface area contributed by atoms with Crippen LogP contribution in [-0.4, -0.2) is 31.3 Å². The molecule has 0 saturated carbocycles. The van der Waals surface area contributed by atoms with Gasteiger partial charge < -0.3 is 10.6 Å². The first-order valence-electron chi connectivity index (χ1n) is 7.05. The largest absolute Gasteiger partial charge is 0.355 e. The van der Waals surface area contributed by atoms with Crippen molar-refractivity contribution in [1.82, 2.24) is 10.6 Å². The number of fused-ring (bicyclic) bond motifs is 1. The summed E-state index contributed by atoms with van der Waals surface area (Å²) in [5.74, 6) is -0.0470. The highest BCUT2D eigenvalue weighted by Crippen LogP contribution is 2.26. The van der Waals surface area contributed by atoms with Crippen molar-refractivity contribution in [1.29, 1.82) is 0 Å². The number of amides is 1. The molecular formula is C16H20N2O2S. The number of hydrogen-bond donors (Lipinski definition) is 2. The molecule has 2 N–H and O–H groups in total. The fraction of sp³-hybridized carbons (Fsp3) is 0.375. The zero-order valence-corrected chi connectivity index (χ0v) is 13.1. The molecule has 2 rings (SSSR count). The molecular weight excluding hydrogens is 284 g/mol. The van der Waals surface area contributed by atoms with Crippen molar-refractivity contribution in [2.75, 3.05) is 13.6 Å². The molecule has 0 bridgehead atoms. The molecule has 21 heavy (non-hydrogen) atoms. The summed E-state index contributed by atoms with van der Waals surface area (Å²) in [5.41, 5.74) is 0.729. The minimum absolute atomic E-state index is 0.0317. The third kappa shape index (κ3) is 4.12. The Kier molecular flexibility index (Phi) is 5.47. The summed E-state index contributed by atoms with van der Waals surface area (Å²) in [6.07, 6.45) is 0.486. The number of nitrogens with one attached hydrogen (secondary N) is 2. The van der Waals surface area contributed by atoms with Gasteiger partial charge in [0.1, 0.15) is 0 Å². The Bertz CT molecular complexity index is 636. The molecule has 5 heteroatoms. The van der Waals surface area contributed by atoms with Gasteiger partial charge in [-0.3, -0.25) is 9.59 Å². The number of thiophene rings is 1. The van der Waals surface area contributed by atoms with Crippen LogP contribution < -0.4 is 10.6 Å². The second-order valence-corrected chi connectivity index (χ2v) is 5.97. The molecule has 0 aliphatic rings. The van der Waals surface area contributed by atoms with Gasteiger partial charge in [-0.1, -0.05) is 18.2 Å². The van der Waals surface area contributed by atoms with Crippen LogP contribution in [-0.2, 0) is 4.79 Å². The van der Waals surface area contributed by atoms with E-state index in [4.69, 9.17) is 0 Å². The molecule has 1 atom stereocenters. The quantitative estimate of drug-likeness (QED) is 0.773. The third-order valence-corrected chi connectivity index (χ3v) is 4.42. The molecule has 112 valence electrons. The zero-order chi connectivity index (χ0) is 15.2. The van der Waals surface area contributed by atoms with E-state index in [1.165, 1.54) is 0 Å². The van der Waals surface area contributed by atoms with Crippen molar-refractivity contribution in [3.63, 3.8) is 0 Å². The van der Waals surface area contributed by atoms with Gasteiger partial charge >= 0.3 is 0 Å². The maximum Gasteiger partial charge on any atom is 0.220 e. The van der Waals surface area contributed by atoms with Crippen LogP contribution in [0.4, 0.5) is 0 Å². The van der Waals surface area contributed by atoms with E-state index in [2.05, 4.69) is 10.6 Å². The average Bonchev–Trinajstić information content (AvgIpc) is 2.94. The second-order valence-electron chi connectivity index (χ2n) is 5.06. The van der Waals surface area contributed by atoms with E-state index in [1.54, 1.807) is 11.3 Å². The number of benzene rings is 1. The van der Waals surface area contributed by atoms with Gasteiger partial charge in [0.25, 0.3) is 0 Å². The molecule has 4 nitrogen and oxygen atoms in total. The van der Waals surface area contributed by atoms with Crippen molar-refractivity contribution in [3.05, 3.63) is 35.2 Å². The molecule has 1 aromatic heterocycles. The van der Waals surface area contributed by atoms with E-state index >= 15 is 0 Å². The van der Waals surface area contributed by atoms with Crippen molar-refractivity contribution < 1.29 is 9.59 Å². The highest BCUT2D eigenvalue weighted by Gasteiger charge is 2.13. The lowest BCUT2D eigenvalue weighted by Crippen LogP contribution is -2.37. The molecule has 1 unspecified atom stereocenters. The first-order chi connectivity index (χ1) is 10.1. The molecule has 1 amide bonds. The molecule has 0 spiro atoms. The van der Waals surface area contributed by atoms with Crippen LogP contribution in [0.1, 0.15) is 30.1 Å². The number of Topliss-reactive ketones (excluding diaryl/α,β-unsaturated/α-hetero) is 1. The predicted octanol–water partition coefficient (Wildman–Crippen LogP) is 2.59. The normalized spacial score (nSPS) is 12.3. The van der Waals surface area contributed by atoms with Crippen molar-refractivity contribution in [2.45, 2.75) is 25.8 Å². The van der Waals surface area contributed by atoms with E-state index in [0.29, 0.717) is 6.54 Å². The van der Waals surface area contributed by atoms with Gasteiger partial charge in [-0.05, 0) is 20.0 Å². The Morgan fingerprint density at radius 1 is 1.24 bits per heavy atom. The summed E-state index contributed by atoms with van der Waals surface area (Å²) < 4.78 is 1.10. The summed E-state index contributed by atoms with van der Waals surface area (Å²) >= 11 is 1.56. The first kappa shape index (κ1) is 15.7. The van der Waals surface area contributed by atoms with E-state index in [0.717, 1.165) is 15.6 Å². The van der Waals surface area contributed by atoms with E-state index in [9.17, 15) is 9.59 Å². The molecule has 0 radical (unpaired) electrons. The zero-order valence-electron chi connectivity index (χ0n) is 12.3. The summed E-state index contributed by atoms with van der Waals surface area (Å²) in [6.45, 7) is 2.56. The van der Waals surface area contributed by atoms with Crippen LogP contribution in [0.5, 0.6) is 0 Å². The first-order valence-corrected chi connectivity index (χ1v) is 7.93. The van der Waals surface area contributed by atoms with E-state index in [-0.39, 0.29) is 30.6 Å². The maximum atomic E-state index is 12.2. The number of ketones is 1. The van der Waals surface area contributed by atoms with Gasteiger partial charge in [0.15, 0.2) is 5.78 Å². The van der Waals surface area contributed by atoms with Crippen molar-refractivity contribution in [3.8, 4) is 0 Å². The Morgan fingerprint density at radius 3 is 2.76 bits per heavy atom. The summed E-state index contributed by atoms with van der Waals surface area (Å²) in [5, 5.41) is 8.73. The molecule has 1 heterocycles. The molecule has 0 aliphatic heterocycles. The number of likely N-dealkylation sites (N-methyl/N-ethyl adjacent to an activating group) is 1. The van der Waals surface area contributed by atoms with Gasteiger partial charge in [0, 0.05) is 46.5 Å². The van der Waals surface area contributed by atoms with Gasteiger partial charge in [-0.15, -0.1) is 11.3 Å². The summed E-state index contributed by atoms with van der Waals surface area (Å²) in [6, 6.07) is 8.07. The number of carbonyl (C=O) groups is 2. The van der Waals surface area contributed by atoms with Crippen LogP contribution in [0, 0.1) is 0 Å². The van der Waals surface area contributed by atoms with Crippen molar-refractivity contribution >= 4 is 33.1 Å². The fourth-order valence-electron chi connectivity index (χ4n) is 2.01. The standard InChI is InChI=1S/C16H20N2O2S/c1-11(17-2)9-18-16(20)8-7-14(19)13-10-21-15-6-4-3-5-12(13)15/h3-6,10-11,17H,7-9H2,1-2H3,(H,18,20). The van der Waals surface area contributed by atoms with E-state index in [1.807, 2.05) is 43.6 Å². The number of carbonyl (C=O) groups excluding carboxylic acids is 2. The van der Waals surface area contributed by atoms with Crippen LogP contribution in [0.15, 0.2) is 29.6 Å². The Labute approximate surface area is 128 Å². The third-order valence-electron chi connectivity index (χ3n) is 3.46. The minimum Gasteiger partial charge on any atom is -0.355 e. The van der Waals surface area contributed by atoms with Crippen LogP contribution in [0.25, 0.3) is 10.1 Å². The number of hydrogen-bond acceptors (Lipinski definition) is 4. The lowest BCUT2D eigenvalue weighted by molar-refractivity contribution is -0.121. The lowest BCUT2D eigenvalue weighted by atomic mass is 10.1. The van der Waals surface area contributed by atoms with Crippen LogP contribution in [0.2, 0.25) is 0 Å². The van der Waals surface area contributed by atoms with Crippen LogP contribution in [0.3, 0.4) is 0 Å². The Hall–Kier alpha value is -1.72. The summed E-state index contributed by atoms with van der Waals surface area (Å²) in [4.78, 5) is 23.9. The molecule has 0 fully saturated rings. The smallest absolute Gasteiger partial charge is 0.220 e. The predicted molar refractivity (Wildman–Crippen MR) is 86.9 cm³/mol. The van der Waals surface area contributed by atoms with Gasteiger partial charge in [0.2, 0.25) is 5.91 Å². The lowest BCUT2D eigenvalue weighted by Gasteiger charge is -2.11. The topological polar surface area (TPSA) is 58.2 Å². The van der Waals surface area contributed by atoms with Gasteiger partial charge in [-0.2, -0.15) is 0 Å². The molecule has 1 aromatic carbocycles. The highest BCUT2D eigenvalue weighted by molar-refractivity contribution is 7.17. The molecule has 2 aromatic rings. The van der Waals surface area contributed by atoms with E-state index < -0.39 is 0 Å². The number of rotatable bonds is 7. The van der Waals surface area contributed by atoms with Crippen molar-refractivity contribution in [2.24, 2.45) is 0 Å². The van der Waals surface area contributed by atoms with Gasteiger partial charge in [0.05, 0.1) is 0 Å². The van der Waals surface area contributed by atoms with Gasteiger partial charge in [-0.25, -0.2) is 0 Å². The van der Waals surface area contributed by atoms with Crippen LogP contribution >= 0.6 is 11.3 Å². The molecule has 0 saturated heterocycles. The SMILES string of the molecule is CNC(C)CNC(=O)CCC(=O)c1csc2ccccc12.